The molecule has 2 N–H and O–H groups in total. The number of hydrogen-bond donors (Lipinski definition) is 2. The summed E-state index contributed by atoms with van der Waals surface area (Å²) in [6, 6.07) is 6.74. The number of nitrogens with zero attached hydrogens (tertiary/aromatic N) is 1. The van der Waals surface area contributed by atoms with E-state index in [1.807, 2.05) is 6.07 Å². The summed E-state index contributed by atoms with van der Waals surface area (Å²) < 4.78 is 18.0. The Labute approximate surface area is 143 Å². The lowest BCUT2D eigenvalue weighted by molar-refractivity contribution is 0.195. The van der Waals surface area contributed by atoms with E-state index in [1.165, 1.54) is 6.07 Å². The van der Waals surface area contributed by atoms with E-state index in [2.05, 4.69) is 15.6 Å². The van der Waals surface area contributed by atoms with E-state index in [0.717, 1.165) is 50.5 Å². The third-order valence-corrected chi connectivity index (χ3v) is 2.86. The first-order chi connectivity index (χ1) is 9.76. The number of rotatable bonds is 8. The maximum atomic E-state index is 13.0. The minimum Gasteiger partial charge on any atom is -0.385 e. The largest absolute Gasteiger partial charge is 0.385 e. The molecule has 0 unspecified atom stereocenters. The van der Waals surface area contributed by atoms with Crippen LogP contribution in [0.4, 0.5) is 4.39 Å². The van der Waals surface area contributed by atoms with Gasteiger partial charge in [-0.3, -0.25) is 4.99 Å². The smallest absolute Gasteiger partial charge is 0.190 e. The van der Waals surface area contributed by atoms with Crippen molar-refractivity contribution in [3.63, 3.8) is 0 Å². The topological polar surface area (TPSA) is 45.7 Å². The summed E-state index contributed by atoms with van der Waals surface area (Å²) in [5, 5.41) is 6.45. The number of methoxy groups -OCH3 is 1. The van der Waals surface area contributed by atoms with Gasteiger partial charge in [0.05, 0.1) is 0 Å². The summed E-state index contributed by atoms with van der Waals surface area (Å²) in [4.78, 5) is 4.14. The number of halogens is 2. The Morgan fingerprint density at radius 1 is 1.24 bits per heavy atom. The zero-order valence-corrected chi connectivity index (χ0v) is 15.0. The third kappa shape index (κ3) is 9.62. The summed E-state index contributed by atoms with van der Waals surface area (Å²) in [6.07, 6.45) is 2.73. The van der Waals surface area contributed by atoms with Crippen molar-refractivity contribution in [2.45, 2.75) is 19.3 Å². The molecule has 120 valence electrons. The molecule has 4 nitrogen and oxygen atoms in total. The first kappa shape index (κ1) is 20.1. The molecule has 0 radical (unpaired) electrons. The van der Waals surface area contributed by atoms with Crippen molar-refractivity contribution in [3.05, 3.63) is 35.6 Å². The lowest BCUT2D eigenvalue weighted by Gasteiger charge is -2.11. The van der Waals surface area contributed by atoms with Gasteiger partial charge in [0.25, 0.3) is 0 Å². The molecule has 1 rings (SSSR count). The minimum absolute atomic E-state index is 0. The van der Waals surface area contributed by atoms with Gasteiger partial charge in [-0.25, -0.2) is 4.39 Å². The Kier molecular flexibility index (Phi) is 12.3. The summed E-state index contributed by atoms with van der Waals surface area (Å²) in [5.74, 6) is 0.617. The highest BCUT2D eigenvalue weighted by Crippen LogP contribution is 2.05. The molecule has 0 aromatic heterocycles. The van der Waals surface area contributed by atoms with E-state index in [-0.39, 0.29) is 29.8 Å². The summed E-state index contributed by atoms with van der Waals surface area (Å²) in [6.45, 7) is 2.38. The molecule has 0 aliphatic rings. The molecule has 0 fully saturated rings. The third-order valence-electron chi connectivity index (χ3n) is 2.86. The lowest BCUT2D eigenvalue weighted by Crippen LogP contribution is -2.38. The fraction of sp³-hybridized carbons (Fsp3) is 0.533. The molecule has 0 bridgehead atoms. The molecule has 0 saturated carbocycles. The molecule has 0 atom stereocenters. The Hall–Kier alpha value is -0.890. The lowest BCUT2D eigenvalue weighted by atomic mass is 10.1. The number of aryl methyl sites for hydroxylation is 1. The second-order valence-electron chi connectivity index (χ2n) is 4.51. The first-order valence-electron chi connectivity index (χ1n) is 6.94. The van der Waals surface area contributed by atoms with Crippen LogP contribution in [0.2, 0.25) is 0 Å². The Morgan fingerprint density at radius 3 is 2.57 bits per heavy atom. The van der Waals surface area contributed by atoms with Crippen molar-refractivity contribution >= 4 is 29.9 Å². The van der Waals surface area contributed by atoms with Gasteiger partial charge in [-0.15, -0.1) is 24.0 Å². The minimum atomic E-state index is -0.175. The highest BCUT2D eigenvalue weighted by molar-refractivity contribution is 14.0. The van der Waals surface area contributed by atoms with Crippen LogP contribution in [0.5, 0.6) is 0 Å². The molecule has 0 heterocycles. The van der Waals surface area contributed by atoms with Gasteiger partial charge in [-0.2, -0.15) is 0 Å². The molecule has 0 saturated heterocycles. The van der Waals surface area contributed by atoms with Gasteiger partial charge >= 0.3 is 0 Å². The number of nitrogens with one attached hydrogen (secondary N) is 2. The number of benzene rings is 1. The summed E-state index contributed by atoms with van der Waals surface area (Å²) >= 11 is 0. The quantitative estimate of drug-likeness (QED) is 0.300. The number of ether oxygens (including phenoxy) is 1. The number of aliphatic imine (C=N–C) groups is 1. The van der Waals surface area contributed by atoms with E-state index >= 15 is 0 Å². The zero-order valence-electron chi connectivity index (χ0n) is 12.7. The van der Waals surface area contributed by atoms with Crippen LogP contribution in [-0.4, -0.2) is 39.8 Å². The Balaban J connectivity index is 0.00000400. The van der Waals surface area contributed by atoms with Crippen LogP contribution in [0.3, 0.4) is 0 Å². The van der Waals surface area contributed by atoms with E-state index in [0.29, 0.717) is 0 Å². The fourth-order valence-corrected chi connectivity index (χ4v) is 1.84. The Morgan fingerprint density at radius 2 is 1.95 bits per heavy atom. The van der Waals surface area contributed by atoms with Gasteiger partial charge in [0.1, 0.15) is 5.82 Å². The SMILES string of the molecule is CN=C(NCCCOC)NCCCc1cccc(F)c1.I. The molecule has 1 aromatic carbocycles. The molecule has 0 amide bonds. The van der Waals surface area contributed by atoms with Crippen molar-refractivity contribution in [1.82, 2.24) is 10.6 Å². The number of guanidine groups is 1. The molecule has 6 heteroatoms. The van der Waals surface area contributed by atoms with Crippen LogP contribution in [-0.2, 0) is 11.2 Å². The van der Waals surface area contributed by atoms with Gasteiger partial charge in [0.2, 0.25) is 0 Å². The van der Waals surface area contributed by atoms with Gasteiger partial charge in [-0.1, -0.05) is 12.1 Å². The summed E-state index contributed by atoms with van der Waals surface area (Å²) in [7, 11) is 3.44. The first-order valence-corrected chi connectivity index (χ1v) is 6.94. The van der Waals surface area contributed by atoms with Crippen LogP contribution in [0, 0.1) is 5.82 Å². The molecule has 0 spiro atoms. The van der Waals surface area contributed by atoms with Gasteiger partial charge in [0, 0.05) is 33.9 Å². The van der Waals surface area contributed by atoms with Crippen molar-refractivity contribution < 1.29 is 9.13 Å². The zero-order chi connectivity index (χ0) is 14.6. The number of hydrogen-bond acceptors (Lipinski definition) is 2. The van der Waals surface area contributed by atoms with Gasteiger partial charge in [-0.05, 0) is 37.0 Å². The predicted octanol–water partition coefficient (Wildman–Crippen LogP) is 2.58. The molecule has 0 aliphatic heterocycles. The van der Waals surface area contributed by atoms with E-state index in [9.17, 15) is 4.39 Å². The van der Waals surface area contributed by atoms with Crippen LogP contribution in [0.25, 0.3) is 0 Å². The van der Waals surface area contributed by atoms with Gasteiger partial charge < -0.3 is 15.4 Å². The molecular formula is C15H25FIN3O. The molecule has 0 aliphatic carbocycles. The maximum absolute atomic E-state index is 13.0. The van der Waals surface area contributed by atoms with Crippen LogP contribution < -0.4 is 10.6 Å². The maximum Gasteiger partial charge on any atom is 0.190 e. The van der Waals surface area contributed by atoms with E-state index in [1.54, 1.807) is 26.3 Å². The second kappa shape index (κ2) is 12.8. The van der Waals surface area contributed by atoms with E-state index < -0.39 is 0 Å². The normalized spacial score (nSPS) is 10.9. The molecular weight excluding hydrogens is 384 g/mol. The highest BCUT2D eigenvalue weighted by atomic mass is 127. The van der Waals surface area contributed by atoms with Crippen molar-refractivity contribution in [1.29, 1.82) is 0 Å². The van der Waals surface area contributed by atoms with Crippen LogP contribution in [0.15, 0.2) is 29.3 Å². The Bertz CT molecular complexity index is 416. The van der Waals surface area contributed by atoms with Crippen LogP contribution >= 0.6 is 24.0 Å². The van der Waals surface area contributed by atoms with Crippen molar-refractivity contribution in [2.75, 3.05) is 33.9 Å². The van der Waals surface area contributed by atoms with Gasteiger partial charge in [0.15, 0.2) is 5.96 Å². The van der Waals surface area contributed by atoms with Crippen LogP contribution in [0.1, 0.15) is 18.4 Å². The van der Waals surface area contributed by atoms with E-state index in [4.69, 9.17) is 4.74 Å². The standard InChI is InChI=1S/C15H24FN3O.HI/c1-17-15(19-10-5-11-20-2)18-9-4-7-13-6-3-8-14(16)12-13;/h3,6,8,12H,4-5,7,9-11H2,1-2H3,(H2,17,18,19);1H. The summed E-state index contributed by atoms with van der Waals surface area (Å²) in [5.41, 5.74) is 1.02. The average Bonchev–Trinajstić information content (AvgIpc) is 2.46. The molecule has 21 heavy (non-hydrogen) atoms. The monoisotopic (exact) mass is 409 g/mol. The predicted molar refractivity (Wildman–Crippen MR) is 96.0 cm³/mol. The fourth-order valence-electron chi connectivity index (χ4n) is 1.84. The average molecular weight is 409 g/mol. The highest BCUT2D eigenvalue weighted by Gasteiger charge is 1.98. The van der Waals surface area contributed by atoms with Crippen molar-refractivity contribution in [2.24, 2.45) is 4.99 Å². The van der Waals surface area contributed by atoms with Crippen molar-refractivity contribution in [3.8, 4) is 0 Å². The second-order valence-corrected chi connectivity index (χ2v) is 4.51. The molecule has 1 aromatic rings.